The maximum Gasteiger partial charge on any atom is 0.116 e. The Kier molecular flexibility index (Phi) is 4.88. The molecule has 4 nitrogen and oxygen atoms in total. The average molecular weight is 423 g/mol. The van der Waals surface area contributed by atoms with Crippen LogP contribution in [0.4, 0.5) is 0 Å². The SMILES string of the molecule is C=C/C=C(/c1ccsc1)c1cc(-c2n[nH]c3ccc(-c4cnccc4C)cc23)[nH]c1C. The first-order chi connectivity index (χ1) is 15.2. The van der Waals surface area contributed by atoms with E-state index in [1.807, 2.05) is 24.5 Å². The molecule has 0 amide bonds. The van der Waals surface area contributed by atoms with E-state index in [9.17, 15) is 0 Å². The second kappa shape index (κ2) is 7.85. The second-order valence-electron chi connectivity index (χ2n) is 7.57. The Labute approximate surface area is 185 Å². The summed E-state index contributed by atoms with van der Waals surface area (Å²) in [5, 5.41) is 13.1. The number of rotatable bonds is 5. The van der Waals surface area contributed by atoms with Gasteiger partial charge in [0.05, 0.1) is 11.2 Å². The monoisotopic (exact) mass is 422 g/mol. The Morgan fingerprint density at radius 2 is 2.03 bits per heavy atom. The number of fused-ring (bicyclic) bond motifs is 1. The zero-order chi connectivity index (χ0) is 21.4. The summed E-state index contributed by atoms with van der Waals surface area (Å²) in [6.07, 6.45) is 7.64. The van der Waals surface area contributed by atoms with E-state index in [1.54, 1.807) is 11.3 Å². The molecule has 0 saturated heterocycles. The minimum absolute atomic E-state index is 0.913. The van der Waals surface area contributed by atoms with Crippen LogP contribution in [0.2, 0.25) is 0 Å². The zero-order valence-electron chi connectivity index (χ0n) is 17.4. The van der Waals surface area contributed by atoms with E-state index in [1.165, 1.54) is 11.1 Å². The molecule has 0 saturated carbocycles. The second-order valence-corrected chi connectivity index (χ2v) is 8.35. The molecule has 0 unspecified atom stereocenters. The fourth-order valence-electron chi connectivity index (χ4n) is 4.00. The van der Waals surface area contributed by atoms with Gasteiger partial charge in [0.2, 0.25) is 0 Å². The maximum atomic E-state index is 4.64. The predicted molar refractivity (Wildman–Crippen MR) is 130 cm³/mol. The number of aromatic nitrogens is 4. The zero-order valence-corrected chi connectivity index (χ0v) is 18.3. The van der Waals surface area contributed by atoms with Crippen molar-refractivity contribution in [2.24, 2.45) is 0 Å². The molecule has 5 rings (SSSR count). The van der Waals surface area contributed by atoms with Crippen molar-refractivity contribution in [1.29, 1.82) is 0 Å². The van der Waals surface area contributed by atoms with Gasteiger partial charge in [0.25, 0.3) is 0 Å². The van der Waals surface area contributed by atoms with Gasteiger partial charge < -0.3 is 4.98 Å². The van der Waals surface area contributed by atoms with Crippen LogP contribution in [-0.2, 0) is 0 Å². The van der Waals surface area contributed by atoms with Crippen LogP contribution < -0.4 is 0 Å². The molecule has 4 heterocycles. The van der Waals surface area contributed by atoms with Crippen molar-refractivity contribution < 1.29 is 0 Å². The number of H-pyrrole nitrogens is 2. The topological polar surface area (TPSA) is 57.4 Å². The van der Waals surface area contributed by atoms with Crippen LogP contribution >= 0.6 is 11.3 Å². The Bertz CT molecular complexity index is 1420. The van der Waals surface area contributed by atoms with Gasteiger partial charge in [-0.25, -0.2) is 0 Å². The fraction of sp³-hybridized carbons (Fsp3) is 0.0769. The molecule has 0 aliphatic heterocycles. The standard InChI is InChI=1S/C26H22N4S/c1-4-5-20(19-9-11-31-15-19)21-13-25(28-17(21)3)26-22-12-18(6-7-24(22)29-30-26)23-14-27-10-8-16(23)2/h4-15,28H,1H2,2-3H3,(H,29,30)/b20-5-. The summed E-state index contributed by atoms with van der Waals surface area (Å²) in [7, 11) is 0. The lowest BCUT2D eigenvalue weighted by Gasteiger charge is -2.05. The van der Waals surface area contributed by atoms with Crippen LogP contribution in [0.25, 0.3) is 39.0 Å². The molecular formula is C26H22N4S. The summed E-state index contributed by atoms with van der Waals surface area (Å²) in [4.78, 5) is 7.85. The normalized spacial score (nSPS) is 11.9. The van der Waals surface area contributed by atoms with Gasteiger partial charge in [-0.1, -0.05) is 24.8 Å². The molecule has 31 heavy (non-hydrogen) atoms. The van der Waals surface area contributed by atoms with Crippen molar-refractivity contribution in [2.75, 3.05) is 0 Å². The lowest BCUT2D eigenvalue weighted by Crippen LogP contribution is -1.86. The van der Waals surface area contributed by atoms with E-state index in [0.717, 1.165) is 50.2 Å². The van der Waals surface area contributed by atoms with Crippen molar-refractivity contribution in [2.45, 2.75) is 13.8 Å². The molecule has 2 N–H and O–H groups in total. The number of hydrogen-bond donors (Lipinski definition) is 2. The molecule has 4 aromatic heterocycles. The summed E-state index contributed by atoms with van der Waals surface area (Å²) in [6.45, 7) is 8.11. The van der Waals surface area contributed by atoms with Crippen LogP contribution in [0.1, 0.15) is 22.4 Å². The molecule has 5 heteroatoms. The first kappa shape index (κ1) is 19.3. The fourth-order valence-corrected chi connectivity index (χ4v) is 4.65. The molecular weight excluding hydrogens is 400 g/mol. The van der Waals surface area contributed by atoms with Gasteiger partial charge in [-0.2, -0.15) is 16.4 Å². The molecule has 0 radical (unpaired) electrons. The number of aryl methyl sites for hydroxylation is 2. The van der Waals surface area contributed by atoms with E-state index >= 15 is 0 Å². The Morgan fingerprint density at radius 1 is 1.13 bits per heavy atom. The lowest BCUT2D eigenvalue weighted by molar-refractivity contribution is 1.11. The number of hydrogen-bond acceptors (Lipinski definition) is 3. The van der Waals surface area contributed by atoms with Gasteiger partial charge in [-0.05, 0) is 77.2 Å². The van der Waals surface area contributed by atoms with Crippen molar-refractivity contribution >= 4 is 27.8 Å². The van der Waals surface area contributed by atoms with Gasteiger partial charge in [-0.15, -0.1) is 0 Å². The number of benzene rings is 1. The highest BCUT2D eigenvalue weighted by Gasteiger charge is 2.16. The van der Waals surface area contributed by atoms with E-state index in [0.29, 0.717) is 0 Å². The Morgan fingerprint density at radius 3 is 2.81 bits per heavy atom. The molecule has 0 fully saturated rings. The van der Waals surface area contributed by atoms with Crippen LogP contribution in [-0.4, -0.2) is 20.2 Å². The molecule has 0 aliphatic rings. The molecule has 152 valence electrons. The number of allylic oxidation sites excluding steroid dienone is 2. The third-order valence-electron chi connectivity index (χ3n) is 5.59. The smallest absolute Gasteiger partial charge is 0.116 e. The van der Waals surface area contributed by atoms with E-state index in [2.05, 4.69) is 87.8 Å². The third-order valence-corrected chi connectivity index (χ3v) is 6.27. The third kappa shape index (κ3) is 3.43. The Hall–Kier alpha value is -3.70. The highest BCUT2D eigenvalue weighted by molar-refractivity contribution is 7.08. The minimum atomic E-state index is 0.913. The number of nitrogens with zero attached hydrogens (tertiary/aromatic N) is 2. The van der Waals surface area contributed by atoms with Crippen LogP contribution in [0.3, 0.4) is 0 Å². The lowest BCUT2D eigenvalue weighted by atomic mass is 9.99. The van der Waals surface area contributed by atoms with E-state index < -0.39 is 0 Å². The average Bonchev–Trinajstić information content (AvgIpc) is 3.52. The van der Waals surface area contributed by atoms with Crippen LogP contribution in [0.5, 0.6) is 0 Å². The minimum Gasteiger partial charge on any atom is -0.357 e. The molecule has 5 aromatic rings. The first-order valence-corrected chi connectivity index (χ1v) is 11.0. The molecule has 1 aromatic carbocycles. The summed E-state index contributed by atoms with van der Waals surface area (Å²) in [5.74, 6) is 0. The number of aromatic amines is 2. The largest absolute Gasteiger partial charge is 0.357 e. The Balaban J connectivity index is 1.63. The number of nitrogens with one attached hydrogen (secondary N) is 2. The van der Waals surface area contributed by atoms with Crippen molar-refractivity contribution in [3.63, 3.8) is 0 Å². The summed E-state index contributed by atoms with van der Waals surface area (Å²) in [6, 6.07) is 12.7. The van der Waals surface area contributed by atoms with Gasteiger partial charge in [0, 0.05) is 34.6 Å². The van der Waals surface area contributed by atoms with Gasteiger partial charge in [0.15, 0.2) is 0 Å². The van der Waals surface area contributed by atoms with E-state index in [-0.39, 0.29) is 0 Å². The van der Waals surface area contributed by atoms with E-state index in [4.69, 9.17) is 0 Å². The van der Waals surface area contributed by atoms with Crippen molar-refractivity contribution in [3.8, 4) is 22.5 Å². The van der Waals surface area contributed by atoms with Crippen molar-refractivity contribution in [1.82, 2.24) is 20.2 Å². The number of pyridine rings is 1. The summed E-state index contributed by atoms with van der Waals surface area (Å²) in [5.41, 5.74) is 11.0. The molecule has 0 aliphatic carbocycles. The van der Waals surface area contributed by atoms with Crippen LogP contribution in [0.15, 0.2) is 78.3 Å². The molecule has 0 atom stereocenters. The quantitative estimate of drug-likeness (QED) is 0.302. The number of thiophene rings is 1. The molecule has 0 bridgehead atoms. The van der Waals surface area contributed by atoms with Gasteiger partial charge in [0.1, 0.15) is 5.69 Å². The summed E-state index contributed by atoms with van der Waals surface area (Å²) < 4.78 is 0. The first-order valence-electron chi connectivity index (χ1n) is 10.1. The maximum absolute atomic E-state index is 4.64. The highest BCUT2D eigenvalue weighted by Crippen LogP contribution is 2.35. The van der Waals surface area contributed by atoms with Crippen molar-refractivity contribution in [3.05, 3.63) is 101 Å². The van der Waals surface area contributed by atoms with Crippen LogP contribution in [0, 0.1) is 13.8 Å². The summed E-state index contributed by atoms with van der Waals surface area (Å²) >= 11 is 1.69. The van der Waals surface area contributed by atoms with Gasteiger partial charge in [-0.3, -0.25) is 10.1 Å². The predicted octanol–water partition coefficient (Wildman–Crippen LogP) is 6.92. The van der Waals surface area contributed by atoms with Gasteiger partial charge >= 0.3 is 0 Å². The highest BCUT2D eigenvalue weighted by atomic mass is 32.1. The molecule has 0 spiro atoms.